The van der Waals surface area contributed by atoms with Crippen LogP contribution in [-0.2, 0) is 11.2 Å². The van der Waals surface area contributed by atoms with Gasteiger partial charge in [0.15, 0.2) is 0 Å². The number of hydrogen-bond acceptors (Lipinski definition) is 2. The van der Waals surface area contributed by atoms with Crippen molar-refractivity contribution in [3.63, 3.8) is 0 Å². The maximum Gasteiger partial charge on any atom is 0.407 e. The molecule has 3 nitrogen and oxygen atoms in total. The average molecular weight is 256 g/mol. The van der Waals surface area contributed by atoms with Crippen LogP contribution in [0.5, 0.6) is 0 Å². The maximum atomic E-state index is 11.0. The van der Waals surface area contributed by atoms with Gasteiger partial charge in [-0.3, -0.25) is 0 Å². The Morgan fingerprint density at radius 2 is 2.00 bits per heavy atom. The predicted octanol–water partition coefficient (Wildman–Crippen LogP) is 2.97. The Labute approximate surface area is 107 Å². The Morgan fingerprint density at radius 1 is 1.24 bits per heavy atom. The molecule has 0 aromatic heterocycles. The third-order valence-electron chi connectivity index (χ3n) is 2.31. The van der Waals surface area contributed by atoms with Crippen molar-refractivity contribution < 1.29 is 9.53 Å². The molecule has 0 aliphatic carbocycles. The summed E-state index contributed by atoms with van der Waals surface area (Å²) in [6.07, 6.45) is 2.66. The molecule has 4 heteroatoms. The number of halogens is 1. The quantitative estimate of drug-likeness (QED) is 0.601. The van der Waals surface area contributed by atoms with Gasteiger partial charge in [0.2, 0.25) is 0 Å². The fourth-order valence-corrected chi connectivity index (χ4v) is 1.55. The second-order valence-electron chi connectivity index (χ2n) is 3.69. The number of amides is 1. The number of ether oxygens (including phenoxy) is 1. The highest BCUT2D eigenvalue weighted by atomic mass is 35.5. The normalized spacial score (nSPS) is 9.94. The zero-order chi connectivity index (χ0) is 12.3. The van der Waals surface area contributed by atoms with E-state index >= 15 is 0 Å². The Balaban J connectivity index is 1.99. The first-order valence-corrected chi connectivity index (χ1v) is 6.37. The Hall–Kier alpha value is -1.22. The molecule has 94 valence electrons. The van der Waals surface area contributed by atoms with Crippen LogP contribution in [0, 0.1) is 0 Å². The smallest absolute Gasteiger partial charge is 0.407 e. The molecule has 0 radical (unpaired) electrons. The van der Waals surface area contributed by atoms with Crippen LogP contribution in [0.3, 0.4) is 0 Å². The number of carbonyl (C=O) groups is 1. The van der Waals surface area contributed by atoms with Crippen LogP contribution in [0.1, 0.15) is 18.4 Å². The summed E-state index contributed by atoms with van der Waals surface area (Å²) >= 11 is 5.39. The van der Waals surface area contributed by atoms with E-state index in [0.717, 1.165) is 19.3 Å². The summed E-state index contributed by atoms with van der Waals surface area (Å²) < 4.78 is 4.77. The lowest BCUT2D eigenvalue weighted by Gasteiger charge is -2.05. The Morgan fingerprint density at radius 3 is 2.71 bits per heavy atom. The van der Waals surface area contributed by atoms with Crippen molar-refractivity contribution in [2.45, 2.75) is 19.3 Å². The highest BCUT2D eigenvalue weighted by Crippen LogP contribution is 2.03. The van der Waals surface area contributed by atoms with Crippen molar-refractivity contribution in [3.8, 4) is 0 Å². The number of alkyl carbamates (subject to hydrolysis) is 1. The van der Waals surface area contributed by atoms with Crippen LogP contribution < -0.4 is 5.32 Å². The van der Waals surface area contributed by atoms with E-state index in [9.17, 15) is 4.79 Å². The number of hydrogen-bond donors (Lipinski definition) is 1. The summed E-state index contributed by atoms with van der Waals surface area (Å²) in [7, 11) is 0. The average Bonchev–Trinajstić information content (AvgIpc) is 2.37. The van der Waals surface area contributed by atoms with Gasteiger partial charge in [-0.25, -0.2) is 4.79 Å². The number of alkyl halides is 1. The molecule has 0 spiro atoms. The van der Waals surface area contributed by atoms with E-state index in [4.69, 9.17) is 16.3 Å². The van der Waals surface area contributed by atoms with Gasteiger partial charge in [0.1, 0.15) is 6.61 Å². The topological polar surface area (TPSA) is 38.3 Å². The van der Waals surface area contributed by atoms with Gasteiger partial charge in [-0.05, 0) is 24.8 Å². The molecule has 0 aliphatic rings. The Kier molecular flexibility index (Phi) is 7.23. The fourth-order valence-electron chi connectivity index (χ4n) is 1.47. The lowest BCUT2D eigenvalue weighted by molar-refractivity contribution is 0.153. The molecule has 0 aliphatic heterocycles. The molecule has 0 bridgehead atoms. The largest absolute Gasteiger partial charge is 0.448 e. The lowest BCUT2D eigenvalue weighted by atomic mass is 10.1. The number of aryl methyl sites for hydroxylation is 1. The first-order chi connectivity index (χ1) is 8.33. The molecule has 1 N–H and O–H groups in total. The molecule has 0 saturated carbocycles. The van der Waals surface area contributed by atoms with Gasteiger partial charge >= 0.3 is 6.09 Å². The van der Waals surface area contributed by atoms with Gasteiger partial charge in [-0.1, -0.05) is 30.3 Å². The number of nitrogens with one attached hydrogen (secondary N) is 1. The van der Waals surface area contributed by atoms with Crippen molar-refractivity contribution in [2.24, 2.45) is 0 Å². The minimum atomic E-state index is -0.384. The van der Waals surface area contributed by atoms with E-state index in [1.54, 1.807) is 0 Å². The standard InChI is InChI=1S/C13H18ClNO2/c14-9-11-17-13(16)15-10-5-4-8-12-6-2-1-3-7-12/h1-3,6-7H,4-5,8-11H2,(H,15,16). The SMILES string of the molecule is O=C(NCCCCc1ccccc1)OCCCl. The summed E-state index contributed by atoms with van der Waals surface area (Å²) in [5, 5.41) is 2.68. The van der Waals surface area contributed by atoms with Crippen LogP contribution >= 0.6 is 11.6 Å². The summed E-state index contributed by atoms with van der Waals surface area (Å²) in [6.45, 7) is 0.908. The van der Waals surface area contributed by atoms with Gasteiger partial charge in [0.25, 0.3) is 0 Å². The van der Waals surface area contributed by atoms with Crippen LogP contribution in [0.4, 0.5) is 4.79 Å². The summed E-state index contributed by atoms with van der Waals surface area (Å²) in [4.78, 5) is 11.0. The third kappa shape index (κ3) is 6.84. The second kappa shape index (κ2) is 8.88. The zero-order valence-electron chi connectivity index (χ0n) is 9.82. The zero-order valence-corrected chi connectivity index (χ0v) is 10.6. The molecule has 17 heavy (non-hydrogen) atoms. The van der Waals surface area contributed by atoms with Gasteiger partial charge < -0.3 is 10.1 Å². The highest BCUT2D eigenvalue weighted by Gasteiger charge is 1.99. The van der Waals surface area contributed by atoms with Crippen molar-refractivity contribution in [1.82, 2.24) is 5.32 Å². The van der Waals surface area contributed by atoms with Crippen LogP contribution in [0.15, 0.2) is 30.3 Å². The summed E-state index contributed by atoms with van der Waals surface area (Å²) in [5.41, 5.74) is 1.33. The minimum absolute atomic E-state index is 0.261. The van der Waals surface area contributed by atoms with Gasteiger partial charge in [0.05, 0.1) is 5.88 Å². The van der Waals surface area contributed by atoms with E-state index in [0.29, 0.717) is 12.4 Å². The lowest BCUT2D eigenvalue weighted by Crippen LogP contribution is -2.26. The monoisotopic (exact) mass is 255 g/mol. The number of rotatable bonds is 7. The molecular formula is C13H18ClNO2. The third-order valence-corrected chi connectivity index (χ3v) is 2.47. The van der Waals surface area contributed by atoms with Crippen LogP contribution in [0.25, 0.3) is 0 Å². The van der Waals surface area contributed by atoms with Gasteiger partial charge in [-0.15, -0.1) is 11.6 Å². The molecule has 1 amide bonds. The van der Waals surface area contributed by atoms with Gasteiger partial charge in [-0.2, -0.15) is 0 Å². The van der Waals surface area contributed by atoms with Crippen LogP contribution in [-0.4, -0.2) is 25.1 Å². The molecule has 0 unspecified atom stereocenters. The van der Waals surface area contributed by atoms with E-state index < -0.39 is 0 Å². The molecule has 1 aromatic carbocycles. The van der Waals surface area contributed by atoms with Crippen LogP contribution in [0.2, 0.25) is 0 Å². The van der Waals surface area contributed by atoms with Crippen molar-refractivity contribution in [2.75, 3.05) is 19.0 Å². The molecule has 1 rings (SSSR count). The Bertz CT molecular complexity index is 316. The molecule has 0 saturated heterocycles. The molecule has 0 heterocycles. The fraction of sp³-hybridized carbons (Fsp3) is 0.462. The van der Waals surface area contributed by atoms with Gasteiger partial charge in [0, 0.05) is 6.54 Å². The maximum absolute atomic E-state index is 11.0. The number of carbonyl (C=O) groups excluding carboxylic acids is 1. The van der Waals surface area contributed by atoms with Crippen molar-refractivity contribution in [3.05, 3.63) is 35.9 Å². The molecule has 1 aromatic rings. The molecule has 0 atom stereocenters. The highest BCUT2D eigenvalue weighted by molar-refractivity contribution is 6.18. The van der Waals surface area contributed by atoms with Crippen molar-refractivity contribution in [1.29, 1.82) is 0 Å². The molecule has 0 fully saturated rings. The first kappa shape index (κ1) is 13.8. The van der Waals surface area contributed by atoms with E-state index in [1.165, 1.54) is 5.56 Å². The number of unbranched alkanes of at least 4 members (excludes halogenated alkanes) is 1. The number of benzene rings is 1. The van der Waals surface area contributed by atoms with Crippen molar-refractivity contribution >= 4 is 17.7 Å². The summed E-state index contributed by atoms with van der Waals surface area (Å²) in [5.74, 6) is 0.335. The summed E-state index contributed by atoms with van der Waals surface area (Å²) in [6, 6.07) is 10.3. The minimum Gasteiger partial charge on any atom is -0.448 e. The van der Waals surface area contributed by atoms with E-state index in [1.807, 2.05) is 18.2 Å². The van der Waals surface area contributed by atoms with E-state index in [-0.39, 0.29) is 12.7 Å². The second-order valence-corrected chi connectivity index (χ2v) is 4.07. The predicted molar refractivity (Wildman–Crippen MR) is 69.5 cm³/mol. The van der Waals surface area contributed by atoms with E-state index in [2.05, 4.69) is 17.4 Å². The first-order valence-electron chi connectivity index (χ1n) is 5.83. The molecular weight excluding hydrogens is 238 g/mol.